The minimum atomic E-state index is -0.0149. The summed E-state index contributed by atoms with van der Waals surface area (Å²) in [4.78, 5) is 6.18. The van der Waals surface area contributed by atoms with Crippen molar-refractivity contribution < 1.29 is 9.47 Å². The van der Waals surface area contributed by atoms with E-state index in [9.17, 15) is 15.8 Å². The van der Waals surface area contributed by atoms with Crippen LogP contribution in [0.2, 0.25) is 0 Å². The van der Waals surface area contributed by atoms with Crippen LogP contribution in [0.4, 0.5) is 11.6 Å². The Kier molecular flexibility index (Phi) is 5.94. The Morgan fingerprint density at radius 1 is 1.14 bits per heavy atom. The average Bonchev–Trinajstić information content (AvgIpc) is 2.77. The van der Waals surface area contributed by atoms with E-state index in [2.05, 4.69) is 17.1 Å². The summed E-state index contributed by atoms with van der Waals surface area (Å²) < 4.78 is 10.5. The van der Waals surface area contributed by atoms with Gasteiger partial charge in [-0.25, -0.2) is 4.98 Å². The number of morpholine rings is 1. The average molecular weight is 386 g/mol. The Balaban J connectivity index is 2.20. The van der Waals surface area contributed by atoms with Crippen LogP contribution in [0, 0.1) is 34.0 Å². The second kappa shape index (κ2) is 8.75. The fourth-order valence-electron chi connectivity index (χ4n) is 3.11. The smallest absolute Gasteiger partial charge is 0.149 e. The van der Waals surface area contributed by atoms with Gasteiger partial charge in [0.1, 0.15) is 40.7 Å². The minimum absolute atomic E-state index is 0.0138. The van der Waals surface area contributed by atoms with Gasteiger partial charge in [-0.15, -0.1) is 0 Å². The molecule has 29 heavy (non-hydrogen) atoms. The number of allylic oxidation sites excluding steroid dienone is 1. The number of anilines is 2. The van der Waals surface area contributed by atoms with Crippen molar-refractivity contribution in [1.82, 2.24) is 4.98 Å². The van der Waals surface area contributed by atoms with Crippen molar-refractivity contribution in [2.45, 2.75) is 0 Å². The predicted molar refractivity (Wildman–Crippen MR) is 108 cm³/mol. The highest BCUT2D eigenvalue weighted by atomic mass is 16.5. The van der Waals surface area contributed by atoms with Gasteiger partial charge in [-0.05, 0) is 23.8 Å². The number of benzene rings is 1. The highest BCUT2D eigenvalue weighted by Gasteiger charge is 2.25. The summed E-state index contributed by atoms with van der Waals surface area (Å²) in [6.07, 6.45) is 1.61. The summed E-state index contributed by atoms with van der Waals surface area (Å²) in [5.74, 6) is 1.02. The van der Waals surface area contributed by atoms with Crippen LogP contribution in [0.25, 0.3) is 11.6 Å². The van der Waals surface area contributed by atoms with E-state index in [1.165, 1.54) is 0 Å². The van der Waals surface area contributed by atoms with Gasteiger partial charge in [0.15, 0.2) is 0 Å². The van der Waals surface area contributed by atoms with Crippen LogP contribution in [0.1, 0.15) is 22.3 Å². The lowest BCUT2D eigenvalue weighted by Gasteiger charge is -2.29. The molecular formula is C21H18N6O2. The Morgan fingerprint density at radius 3 is 2.34 bits per heavy atom. The quantitative estimate of drug-likeness (QED) is 0.792. The van der Waals surface area contributed by atoms with E-state index in [0.29, 0.717) is 37.9 Å². The molecule has 2 N–H and O–H groups in total. The highest BCUT2D eigenvalue weighted by molar-refractivity contribution is 5.96. The fraction of sp³-hybridized carbons (Fsp3) is 0.238. The zero-order valence-corrected chi connectivity index (χ0v) is 15.8. The summed E-state index contributed by atoms with van der Waals surface area (Å²) in [6, 6.07) is 13.3. The predicted octanol–water partition coefficient (Wildman–Crippen LogP) is 2.32. The number of pyridine rings is 1. The number of nitrogens with two attached hydrogens (primary N) is 1. The van der Waals surface area contributed by atoms with Gasteiger partial charge in [0.05, 0.1) is 32.0 Å². The van der Waals surface area contributed by atoms with Crippen molar-refractivity contribution in [1.29, 1.82) is 15.8 Å². The maximum atomic E-state index is 9.87. The first-order valence-corrected chi connectivity index (χ1v) is 8.85. The molecule has 0 spiro atoms. The second-order valence-electron chi connectivity index (χ2n) is 6.21. The molecule has 0 bridgehead atoms. The third-order valence-electron chi connectivity index (χ3n) is 4.56. The number of ether oxygens (including phenoxy) is 2. The fourth-order valence-corrected chi connectivity index (χ4v) is 3.11. The van der Waals surface area contributed by atoms with Gasteiger partial charge >= 0.3 is 0 Å². The molecule has 1 saturated heterocycles. The van der Waals surface area contributed by atoms with Crippen LogP contribution in [0.3, 0.4) is 0 Å². The van der Waals surface area contributed by atoms with Gasteiger partial charge in [-0.1, -0.05) is 12.1 Å². The van der Waals surface area contributed by atoms with Gasteiger partial charge in [-0.2, -0.15) is 15.8 Å². The number of nitrogens with zero attached hydrogens (tertiary/aromatic N) is 5. The first-order chi connectivity index (χ1) is 14.1. The summed E-state index contributed by atoms with van der Waals surface area (Å²) >= 11 is 0. The van der Waals surface area contributed by atoms with Gasteiger partial charge in [0, 0.05) is 18.7 Å². The molecule has 1 fully saturated rings. The van der Waals surface area contributed by atoms with Crippen LogP contribution in [0.5, 0.6) is 5.75 Å². The monoisotopic (exact) mass is 386 g/mol. The topological polar surface area (TPSA) is 132 Å². The summed E-state index contributed by atoms with van der Waals surface area (Å²) in [5, 5.41) is 29.3. The van der Waals surface area contributed by atoms with Crippen LogP contribution in [-0.2, 0) is 4.74 Å². The van der Waals surface area contributed by atoms with E-state index in [1.807, 2.05) is 11.0 Å². The molecule has 3 rings (SSSR count). The number of nitriles is 3. The van der Waals surface area contributed by atoms with Crippen LogP contribution >= 0.6 is 0 Å². The molecule has 0 amide bonds. The van der Waals surface area contributed by atoms with Crippen molar-refractivity contribution >= 4 is 23.3 Å². The molecule has 2 heterocycles. The SMILES string of the molecule is COc1ccc(C=C(C#N)c2c(C#N)c(N)nc(N3CCOCC3)c2C#N)cc1. The molecule has 1 aromatic heterocycles. The summed E-state index contributed by atoms with van der Waals surface area (Å²) in [6.45, 7) is 2.07. The number of nitrogen functional groups attached to an aromatic ring is 1. The normalized spacial score (nSPS) is 13.9. The zero-order valence-electron chi connectivity index (χ0n) is 15.8. The molecule has 1 aliphatic rings. The van der Waals surface area contributed by atoms with Crippen molar-refractivity contribution in [2.75, 3.05) is 44.0 Å². The van der Waals surface area contributed by atoms with Crippen molar-refractivity contribution in [3.63, 3.8) is 0 Å². The molecule has 8 heteroatoms. The molecule has 0 radical (unpaired) electrons. The maximum Gasteiger partial charge on any atom is 0.149 e. The van der Waals surface area contributed by atoms with Crippen molar-refractivity contribution in [2.24, 2.45) is 0 Å². The molecule has 8 nitrogen and oxygen atoms in total. The zero-order chi connectivity index (χ0) is 20.8. The molecule has 144 valence electrons. The van der Waals surface area contributed by atoms with E-state index in [1.54, 1.807) is 37.5 Å². The van der Waals surface area contributed by atoms with Gasteiger partial charge < -0.3 is 20.1 Å². The summed E-state index contributed by atoms with van der Waals surface area (Å²) in [5.41, 5.74) is 7.27. The number of rotatable bonds is 4. The first-order valence-electron chi connectivity index (χ1n) is 8.85. The number of hydrogen-bond donors (Lipinski definition) is 1. The Labute approximate surface area is 168 Å². The lowest BCUT2D eigenvalue weighted by molar-refractivity contribution is 0.122. The van der Waals surface area contributed by atoms with Gasteiger partial charge in [-0.3, -0.25) is 0 Å². The van der Waals surface area contributed by atoms with Gasteiger partial charge in [0.2, 0.25) is 0 Å². The minimum Gasteiger partial charge on any atom is -0.497 e. The highest BCUT2D eigenvalue weighted by Crippen LogP contribution is 2.33. The molecule has 1 aromatic carbocycles. The Morgan fingerprint density at radius 2 is 1.79 bits per heavy atom. The number of methoxy groups -OCH3 is 1. The number of aromatic nitrogens is 1. The number of hydrogen-bond acceptors (Lipinski definition) is 8. The van der Waals surface area contributed by atoms with Crippen LogP contribution in [0.15, 0.2) is 24.3 Å². The van der Waals surface area contributed by atoms with Crippen molar-refractivity contribution in [3.8, 4) is 24.0 Å². The second-order valence-corrected chi connectivity index (χ2v) is 6.21. The molecule has 0 atom stereocenters. The van der Waals surface area contributed by atoms with Crippen LogP contribution < -0.4 is 15.4 Å². The third kappa shape index (κ3) is 3.96. The molecular weight excluding hydrogens is 368 g/mol. The molecule has 1 aliphatic heterocycles. The molecule has 2 aromatic rings. The van der Waals surface area contributed by atoms with Crippen LogP contribution in [-0.4, -0.2) is 38.4 Å². The summed E-state index contributed by atoms with van der Waals surface area (Å²) in [7, 11) is 1.57. The Bertz CT molecular complexity index is 1060. The lowest BCUT2D eigenvalue weighted by Crippen LogP contribution is -2.37. The molecule has 0 unspecified atom stereocenters. The molecule has 0 saturated carbocycles. The Hall–Kier alpha value is -4.06. The standard InChI is InChI=1S/C21H18N6O2/c1-28-16-4-2-14(3-5-16)10-15(11-22)19-17(12-23)20(25)26-21(18(19)13-24)27-6-8-29-9-7-27/h2-5,10H,6-9H2,1H3,(H2,25,26). The van der Waals surface area contributed by atoms with E-state index >= 15 is 0 Å². The van der Waals surface area contributed by atoms with Crippen molar-refractivity contribution in [3.05, 3.63) is 46.5 Å². The molecule has 0 aliphatic carbocycles. The van der Waals surface area contributed by atoms with E-state index < -0.39 is 0 Å². The van der Waals surface area contributed by atoms with E-state index in [4.69, 9.17) is 15.2 Å². The van der Waals surface area contributed by atoms with E-state index in [-0.39, 0.29) is 28.1 Å². The van der Waals surface area contributed by atoms with E-state index in [0.717, 1.165) is 5.56 Å². The van der Waals surface area contributed by atoms with Gasteiger partial charge in [0.25, 0.3) is 0 Å². The lowest BCUT2D eigenvalue weighted by atomic mass is 9.94. The first kappa shape index (κ1) is 19.7. The third-order valence-corrected chi connectivity index (χ3v) is 4.56. The largest absolute Gasteiger partial charge is 0.497 e. The maximum absolute atomic E-state index is 9.87.